The lowest BCUT2D eigenvalue weighted by atomic mass is 10.1. The van der Waals surface area contributed by atoms with E-state index in [1.54, 1.807) is 6.92 Å². The Kier molecular flexibility index (Phi) is 3.79. The molecule has 7 nitrogen and oxygen atoms in total. The number of carbonyl (C=O) groups is 1. The molecular weight excluding hydrogens is 264 g/mol. The number of nitrogens with zero attached hydrogens (tertiary/aromatic N) is 3. The minimum Gasteiger partial charge on any atom is -0.395 e. The summed E-state index contributed by atoms with van der Waals surface area (Å²) in [6, 6.07) is 0. The van der Waals surface area contributed by atoms with E-state index in [-0.39, 0.29) is 11.6 Å². The lowest BCUT2D eigenvalue weighted by molar-refractivity contribution is 0.102. The Morgan fingerprint density at radius 3 is 2.79 bits per heavy atom. The van der Waals surface area contributed by atoms with Gasteiger partial charge in [-0.25, -0.2) is 0 Å². The van der Waals surface area contributed by atoms with Gasteiger partial charge >= 0.3 is 0 Å². The summed E-state index contributed by atoms with van der Waals surface area (Å²) in [5.74, 6) is 0.121. The summed E-state index contributed by atoms with van der Waals surface area (Å²) < 4.78 is 0. The number of carbonyl (C=O) groups excluding carboxylic acids is 1. The van der Waals surface area contributed by atoms with E-state index in [0.717, 1.165) is 11.4 Å². The Morgan fingerprint density at radius 2 is 2.21 bits per heavy atom. The summed E-state index contributed by atoms with van der Waals surface area (Å²) in [7, 11) is 0. The Balaban J connectivity index is 2.07. The fraction of sp³-hybridized carbons (Fsp3) is 0.455. The van der Waals surface area contributed by atoms with Gasteiger partial charge in [0, 0.05) is 6.42 Å². The highest BCUT2D eigenvalue weighted by atomic mass is 32.1. The largest absolute Gasteiger partial charge is 0.395 e. The Labute approximate surface area is 114 Å². The maximum atomic E-state index is 11.9. The summed E-state index contributed by atoms with van der Waals surface area (Å²) >= 11 is 1.36. The molecule has 0 saturated heterocycles. The van der Waals surface area contributed by atoms with Crippen molar-refractivity contribution in [1.82, 2.24) is 20.4 Å². The molecule has 0 atom stereocenters. The van der Waals surface area contributed by atoms with Crippen molar-refractivity contribution >= 4 is 28.1 Å². The van der Waals surface area contributed by atoms with Crippen molar-refractivity contribution in [2.45, 2.75) is 27.2 Å². The van der Waals surface area contributed by atoms with Gasteiger partial charge in [-0.15, -0.1) is 10.2 Å². The first-order valence-electron chi connectivity index (χ1n) is 5.91. The first-order valence-corrected chi connectivity index (χ1v) is 6.73. The van der Waals surface area contributed by atoms with E-state index in [9.17, 15) is 4.79 Å². The van der Waals surface area contributed by atoms with Gasteiger partial charge in [-0.05, 0) is 12.8 Å². The molecule has 1 amide bonds. The van der Waals surface area contributed by atoms with E-state index in [0.29, 0.717) is 22.4 Å². The maximum absolute atomic E-state index is 11.9. The zero-order valence-corrected chi connectivity index (χ0v) is 11.8. The molecule has 0 bridgehead atoms. The lowest BCUT2D eigenvalue weighted by Gasteiger charge is -1.99. The number of hydrogen-bond donors (Lipinski definition) is 3. The summed E-state index contributed by atoms with van der Waals surface area (Å²) in [6.07, 6.45) is 0.844. The zero-order chi connectivity index (χ0) is 14.0. The standard InChI is InChI=1S/C11H16N6OS/c1-5(2)4-7-15-17-11(19-7)13-10(18)9-8(12)6(3)14-16-9/h5H,4,12H2,1-3H3,(H,14,16)(H,13,17,18). The van der Waals surface area contributed by atoms with Crippen molar-refractivity contribution in [2.75, 3.05) is 11.1 Å². The van der Waals surface area contributed by atoms with Gasteiger partial charge in [-0.2, -0.15) is 5.10 Å². The highest BCUT2D eigenvalue weighted by Crippen LogP contribution is 2.20. The van der Waals surface area contributed by atoms with Crippen molar-refractivity contribution in [2.24, 2.45) is 5.92 Å². The third-order valence-corrected chi connectivity index (χ3v) is 3.34. The van der Waals surface area contributed by atoms with Gasteiger partial charge in [-0.1, -0.05) is 25.2 Å². The Bertz CT molecular complexity index is 588. The summed E-state index contributed by atoms with van der Waals surface area (Å²) in [5, 5.41) is 18.5. The molecular formula is C11H16N6OS. The zero-order valence-electron chi connectivity index (χ0n) is 11.0. The third kappa shape index (κ3) is 3.08. The molecule has 0 aliphatic rings. The second kappa shape index (κ2) is 5.35. The van der Waals surface area contributed by atoms with Crippen LogP contribution in [0.15, 0.2) is 0 Å². The average Bonchev–Trinajstić information content (AvgIpc) is 2.87. The normalized spacial score (nSPS) is 10.9. The van der Waals surface area contributed by atoms with Crippen LogP contribution in [0.2, 0.25) is 0 Å². The fourth-order valence-corrected chi connectivity index (χ4v) is 2.45. The second-order valence-electron chi connectivity index (χ2n) is 4.66. The average molecular weight is 280 g/mol. The van der Waals surface area contributed by atoms with Crippen molar-refractivity contribution in [3.63, 3.8) is 0 Å². The van der Waals surface area contributed by atoms with E-state index in [1.807, 2.05) is 0 Å². The molecule has 0 spiro atoms. The van der Waals surface area contributed by atoms with Crippen LogP contribution in [-0.2, 0) is 6.42 Å². The molecule has 0 aliphatic carbocycles. The quantitative estimate of drug-likeness (QED) is 0.788. The van der Waals surface area contributed by atoms with Crippen molar-refractivity contribution in [3.05, 3.63) is 16.4 Å². The highest BCUT2D eigenvalue weighted by molar-refractivity contribution is 7.15. The number of hydrogen-bond acceptors (Lipinski definition) is 6. The number of aryl methyl sites for hydroxylation is 1. The van der Waals surface area contributed by atoms with Crippen LogP contribution in [0.5, 0.6) is 0 Å². The van der Waals surface area contributed by atoms with Crippen LogP contribution >= 0.6 is 11.3 Å². The van der Waals surface area contributed by atoms with E-state index >= 15 is 0 Å². The molecule has 0 fully saturated rings. The number of nitrogen functional groups attached to an aromatic ring is 1. The number of H-pyrrole nitrogens is 1. The SMILES string of the molecule is Cc1[nH]nc(C(=O)Nc2nnc(CC(C)C)s2)c1N. The number of aromatic nitrogens is 4. The molecule has 2 aromatic heterocycles. The monoisotopic (exact) mass is 280 g/mol. The Hall–Kier alpha value is -1.96. The molecule has 2 heterocycles. The number of anilines is 2. The number of amides is 1. The first kappa shape index (κ1) is 13.5. The van der Waals surface area contributed by atoms with E-state index in [2.05, 4.69) is 39.6 Å². The van der Waals surface area contributed by atoms with Gasteiger partial charge in [0.05, 0.1) is 11.4 Å². The van der Waals surface area contributed by atoms with Gasteiger partial charge in [-0.3, -0.25) is 15.2 Å². The smallest absolute Gasteiger partial charge is 0.280 e. The minimum atomic E-state index is -0.380. The van der Waals surface area contributed by atoms with Crippen LogP contribution in [0.25, 0.3) is 0 Å². The van der Waals surface area contributed by atoms with E-state index in [4.69, 9.17) is 5.73 Å². The number of nitrogens with one attached hydrogen (secondary N) is 2. The van der Waals surface area contributed by atoms with Gasteiger partial charge in [0.25, 0.3) is 5.91 Å². The van der Waals surface area contributed by atoms with Crippen LogP contribution in [0.1, 0.15) is 35.0 Å². The molecule has 2 aromatic rings. The molecule has 102 valence electrons. The first-order chi connectivity index (χ1) is 8.97. The summed E-state index contributed by atoms with van der Waals surface area (Å²) in [6.45, 7) is 5.96. The maximum Gasteiger partial charge on any atom is 0.280 e. The third-order valence-electron chi connectivity index (χ3n) is 2.48. The number of rotatable bonds is 4. The molecule has 0 unspecified atom stereocenters. The van der Waals surface area contributed by atoms with Crippen molar-refractivity contribution in [1.29, 1.82) is 0 Å². The lowest BCUT2D eigenvalue weighted by Crippen LogP contribution is -2.14. The fourth-order valence-electron chi connectivity index (χ4n) is 1.50. The molecule has 0 radical (unpaired) electrons. The van der Waals surface area contributed by atoms with Crippen LogP contribution < -0.4 is 11.1 Å². The number of nitrogens with two attached hydrogens (primary N) is 1. The van der Waals surface area contributed by atoms with E-state index < -0.39 is 0 Å². The molecule has 0 aliphatic heterocycles. The molecule has 0 aromatic carbocycles. The molecule has 19 heavy (non-hydrogen) atoms. The molecule has 4 N–H and O–H groups in total. The van der Waals surface area contributed by atoms with Crippen LogP contribution in [0.4, 0.5) is 10.8 Å². The Morgan fingerprint density at radius 1 is 1.47 bits per heavy atom. The summed E-state index contributed by atoms with van der Waals surface area (Å²) in [4.78, 5) is 11.9. The predicted molar refractivity (Wildman–Crippen MR) is 74.1 cm³/mol. The van der Waals surface area contributed by atoms with Crippen LogP contribution in [-0.4, -0.2) is 26.3 Å². The molecule has 0 saturated carbocycles. The minimum absolute atomic E-state index is 0.179. The van der Waals surface area contributed by atoms with E-state index in [1.165, 1.54) is 11.3 Å². The second-order valence-corrected chi connectivity index (χ2v) is 5.73. The van der Waals surface area contributed by atoms with Crippen LogP contribution in [0, 0.1) is 12.8 Å². The van der Waals surface area contributed by atoms with Crippen molar-refractivity contribution in [3.8, 4) is 0 Å². The highest BCUT2D eigenvalue weighted by Gasteiger charge is 2.17. The summed E-state index contributed by atoms with van der Waals surface area (Å²) in [5.41, 5.74) is 6.94. The van der Waals surface area contributed by atoms with Gasteiger partial charge in [0.15, 0.2) is 5.69 Å². The number of aromatic amines is 1. The van der Waals surface area contributed by atoms with Crippen LogP contribution in [0.3, 0.4) is 0 Å². The predicted octanol–water partition coefficient (Wildman–Crippen LogP) is 1.60. The molecule has 8 heteroatoms. The van der Waals surface area contributed by atoms with Crippen molar-refractivity contribution < 1.29 is 4.79 Å². The van der Waals surface area contributed by atoms with Gasteiger partial charge < -0.3 is 5.73 Å². The molecule has 2 rings (SSSR count). The van der Waals surface area contributed by atoms with Gasteiger partial charge in [0.2, 0.25) is 5.13 Å². The topological polar surface area (TPSA) is 110 Å². The van der Waals surface area contributed by atoms with Gasteiger partial charge in [0.1, 0.15) is 5.01 Å².